The van der Waals surface area contributed by atoms with Crippen LogP contribution in [-0.4, -0.2) is 53.7 Å². The molecule has 0 bridgehead atoms. The lowest BCUT2D eigenvalue weighted by Gasteiger charge is -2.37. The summed E-state index contributed by atoms with van der Waals surface area (Å²) in [5, 5.41) is 11.2. The molecule has 3 heterocycles. The molecule has 2 saturated heterocycles. The Balaban J connectivity index is 1.31. The lowest BCUT2D eigenvalue weighted by Crippen LogP contribution is -2.43. The normalized spacial score (nSPS) is 17.5. The molecule has 33 heavy (non-hydrogen) atoms. The van der Waals surface area contributed by atoms with E-state index in [9.17, 15) is 9.18 Å². The van der Waals surface area contributed by atoms with E-state index in [2.05, 4.69) is 33.1 Å². The SMILES string of the molecule is Cc1cc(F)ccc1CN(C)C1CCN(c2nnc(N3CCCC3=O)c3ccccc23)CC1. The molecule has 2 aromatic carbocycles. The number of fused-ring (bicyclic) bond motifs is 1. The number of anilines is 2. The van der Waals surface area contributed by atoms with E-state index in [4.69, 9.17) is 0 Å². The Hall–Kier alpha value is -3.06. The molecule has 0 atom stereocenters. The number of carbonyl (C=O) groups excluding carboxylic acids is 1. The summed E-state index contributed by atoms with van der Waals surface area (Å²) in [6, 6.07) is 13.7. The largest absolute Gasteiger partial charge is 0.354 e. The van der Waals surface area contributed by atoms with Crippen LogP contribution in [0, 0.1) is 12.7 Å². The van der Waals surface area contributed by atoms with E-state index in [1.54, 1.807) is 17.0 Å². The third-order valence-electron chi connectivity index (χ3n) is 7.09. The van der Waals surface area contributed by atoms with E-state index in [0.29, 0.717) is 24.8 Å². The monoisotopic (exact) mass is 447 g/mol. The Kier molecular flexibility index (Phi) is 5.98. The lowest BCUT2D eigenvalue weighted by molar-refractivity contribution is -0.117. The van der Waals surface area contributed by atoms with E-state index in [1.807, 2.05) is 31.2 Å². The molecule has 2 aliphatic rings. The number of benzene rings is 2. The van der Waals surface area contributed by atoms with E-state index < -0.39 is 0 Å². The van der Waals surface area contributed by atoms with E-state index in [0.717, 1.165) is 61.1 Å². The number of hydrogen-bond acceptors (Lipinski definition) is 5. The molecule has 2 fully saturated rings. The van der Waals surface area contributed by atoms with Gasteiger partial charge in [0.1, 0.15) is 5.82 Å². The third-order valence-corrected chi connectivity index (χ3v) is 7.09. The second-order valence-corrected chi connectivity index (χ2v) is 9.25. The highest BCUT2D eigenvalue weighted by Crippen LogP contribution is 2.33. The van der Waals surface area contributed by atoms with E-state index in [-0.39, 0.29) is 11.7 Å². The van der Waals surface area contributed by atoms with Crippen LogP contribution in [0.3, 0.4) is 0 Å². The fraction of sp³-hybridized carbons (Fsp3) is 0.423. The van der Waals surface area contributed by atoms with Crippen LogP contribution in [0.1, 0.15) is 36.8 Å². The van der Waals surface area contributed by atoms with Crippen molar-refractivity contribution in [1.82, 2.24) is 15.1 Å². The van der Waals surface area contributed by atoms with Crippen LogP contribution >= 0.6 is 0 Å². The summed E-state index contributed by atoms with van der Waals surface area (Å²) in [7, 11) is 2.15. The van der Waals surface area contributed by atoms with Crippen LogP contribution in [0.15, 0.2) is 42.5 Å². The molecule has 6 nitrogen and oxygen atoms in total. The second-order valence-electron chi connectivity index (χ2n) is 9.25. The smallest absolute Gasteiger partial charge is 0.228 e. The lowest BCUT2D eigenvalue weighted by atomic mass is 10.0. The molecule has 3 aromatic rings. The first-order chi connectivity index (χ1) is 16.0. The Labute approximate surface area is 194 Å². The average Bonchev–Trinajstić information content (AvgIpc) is 3.26. The number of halogens is 1. The van der Waals surface area contributed by atoms with Gasteiger partial charge in [-0.25, -0.2) is 4.39 Å². The Morgan fingerprint density at radius 1 is 1.03 bits per heavy atom. The second kappa shape index (κ2) is 9.06. The zero-order chi connectivity index (χ0) is 22.9. The molecule has 0 saturated carbocycles. The minimum Gasteiger partial charge on any atom is -0.354 e. The van der Waals surface area contributed by atoms with Crippen molar-refractivity contribution in [3.63, 3.8) is 0 Å². The van der Waals surface area contributed by atoms with Crippen molar-refractivity contribution in [2.75, 3.05) is 36.5 Å². The van der Waals surface area contributed by atoms with E-state index in [1.165, 1.54) is 5.56 Å². The molecule has 0 unspecified atom stereocenters. The number of carbonyl (C=O) groups is 1. The maximum atomic E-state index is 13.4. The molecular weight excluding hydrogens is 417 g/mol. The van der Waals surface area contributed by atoms with Gasteiger partial charge in [0, 0.05) is 49.4 Å². The van der Waals surface area contributed by atoms with Crippen LogP contribution in [0.4, 0.5) is 16.0 Å². The summed E-state index contributed by atoms with van der Waals surface area (Å²) in [5.74, 6) is 1.53. The van der Waals surface area contributed by atoms with Crippen molar-refractivity contribution in [2.24, 2.45) is 0 Å². The first-order valence-corrected chi connectivity index (χ1v) is 11.8. The summed E-state index contributed by atoms with van der Waals surface area (Å²) < 4.78 is 13.4. The van der Waals surface area contributed by atoms with E-state index >= 15 is 0 Å². The topological polar surface area (TPSA) is 52.6 Å². The van der Waals surface area contributed by atoms with Gasteiger partial charge in [0.15, 0.2) is 11.6 Å². The van der Waals surface area contributed by atoms with Crippen molar-refractivity contribution in [2.45, 2.75) is 45.2 Å². The maximum absolute atomic E-state index is 13.4. The predicted octanol–water partition coefficient (Wildman–Crippen LogP) is 4.30. The highest BCUT2D eigenvalue weighted by molar-refractivity contribution is 6.05. The van der Waals surface area contributed by atoms with Crippen molar-refractivity contribution in [1.29, 1.82) is 0 Å². The van der Waals surface area contributed by atoms with Crippen molar-refractivity contribution < 1.29 is 9.18 Å². The number of aromatic nitrogens is 2. The van der Waals surface area contributed by atoms with Crippen LogP contribution in [0.2, 0.25) is 0 Å². The molecule has 5 rings (SSSR count). The molecule has 1 aromatic heterocycles. The maximum Gasteiger partial charge on any atom is 0.228 e. The quantitative estimate of drug-likeness (QED) is 0.584. The minimum atomic E-state index is -0.180. The zero-order valence-corrected chi connectivity index (χ0v) is 19.3. The van der Waals surface area contributed by atoms with Crippen LogP contribution < -0.4 is 9.80 Å². The number of rotatable bonds is 5. The highest BCUT2D eigenvalue weighted by Gasteiger charge is 2.28. The van der Waals surface area contributed by atoms with Gasteiger partial charge in [-0.15, -0.1) is 10.2 Å². The molecule has 2 aliphatic heterocycles. The molecule has 172 valence electrons. The highest BCUT2D eigenvalue weighted by atomic mass is 19.1. The average molecular weight is 448 g/mol. The Morgan fingerprint density at radius 2 is 1.73 bits per heavy atom. The molecule has 0 radical (unpaired) electrons. The van der Waals surface area contributed by atoms with Gasteiger partial charge >= 0.3 is 0 Å². The predicted molar refractivity (Wildman–Crippen MR) is 129 cm³/mol. The minimum absolute atomic E-state index is 0.127. The molecule has 0 spiro atoms. The first kappa shape index (κ1) is 21.8. The third kappa shape index (κ3) is 4.29. The Bertz CT molecular complexity index is 1170. The number of piperidine rings is 1. The molecule has 0 aliphatic carbocycles. The molecule has 1 amide bonds. The number of hydrogen-bond donors (Lipinski definition) is 0. The molecule has 0 N–H and O–H groups in total. The van der Waals surface area contributed by atoms with Crippen molar-refractivity contribution >= 4 is 28.3 Å². The summed E-state index contributed by atoms with van der Waals surface area (Å²) >= 11 is 0. The fourth-order valence-electron chi connectivity index (χ4n) is 5.13. The molecular formula is C26H30FN5O. The van der Waals surface area contributed by atoms with Crippen LogP contribution in [0.25, 0.3) is 10.8 Å². The summed E-state index contributed by atoms with van der Waals surface area (Å²) in [5.41, 5.74) is 2.17. The van der Waals surface area contributed by atoms with Gasteiger partial charge in [-0.2, -0.15) is 0 Å². The first-order valence-electron chi connectivity index (χ1n) is 11.8. The molecule has 7 heteroatoms. The Morgan fingerprint density at radius 3 is 2.39 bits per heavy atom. The summed E-state index contributed by atoms with van der Waals surface area (Å²) in [6.45, 7) is 5.30. The van der Waals surface area contributed by atoms with Gasteiger partial charge in [0.25, 0.3) is 0 Å². The van der Waals surface area contributed by atoms with Gasteiger partial charge < -0.3 is 4.90 Å². The van der Waals surface area contributed by atoms with Gasteiger partial charge in [-0.3, -0.25) is 14.6 Å². The van der Waals surface area contributed by atoms with Crippen LogP contribution in [0.5, 0.6) is 0 Å². The number of amides is 1. The van der Waals surface area contributed by atoms with Gasteiger partial charge in [-0.05, 0) is 56.5 Å². The van der Waals surface area contributed by atoms with Gasteiger partial charge in [-0.1, -0.05) is 30.3 Å². The van der Waals surface area contributed by atoms with Crippen LogP contribution in [-0.2, 0) is 11.3 Å². The zero-order valence-electron chi connectivity index (χ0n) is 19.3. The van der Waals surface area contributed by atoms with Crippen molar-refractivity contribution in [3.05, 3.63) is 59.4 Å². The summed E-state index contributed by atoms with van der Waals surface area (Å²) in [4.78, 5) is 18.8. The summed E-state index contributed by atoms with van der Waals surface area (Å²) in [6.07, 6.45) is 3.50. The fourth-order valence-corrected chi connectivity index (χ4v) is 5.13. The van der Waals surface area contributed by atoms with Crippen molar-refractivity contribution in [3.8, 4) is 0 Å². The van der Waals surface area contributed by atoms with Gasteiger partial charge in [0.05, 0.1) is 0 Å². The standard InChI is InChI=1S/C26H30FN5O/c1-18-16-20(27)10-9-19(18)17-30(2)21-11-14-31(15-12-21)25-22-6-3-4-7-23(22)26(29-28-25)32-13-5-8-24(32)33/h3-4,6-7,9-10,16,21H,5,8,11-15,17H2,1-2H3. The number of nitrogens with zero attached hydrogens (tertiary/aromatic N) is 5. The number of aryl methyl sites for hydroxylation is 1. The van der Waals surface area contributed by atoms with Gasteiger partial charge in [0.2, 0.25) is 5.91 Å².